The van der Waals surface area contributed by atoms with Gasteiger partial charge in [-0.05, 0) is 99.8 Å². The van der Waals surface area contributed by atoms with Crippen LogP contribution in [-0.4, -0.2) is 22.7 Å². The highest BCUT2D eigenvalue weighted by Gasteiger charge is 2.28. The van der Waals surface area contributed by atoms with Gasteiger partial charge in [0.15, 0.2) is 0 Å². The zero-order valence-electron chi connectivity index (χ0n) is 20.2. The van der Waals surface area contributed by atoms with Gasteiger partial charge in [-0.1, -0.05) is 61.1 Å². The quantitative estimate of drug-likeness (QED) is 0.220. The molecular formula is C29H43NO3. The summed E-state index contributed by atoms with van der Waals surface area (Å²) in [6.07, 6.45) is 20.2. The summed E-state index contributed by atoms with van der Waals surface area (Å²) in [6, 6.07) is 7.78. The molecule has 0 amide bonds. The van der Waals surface area contributed by atoms with E-state index < -0.39 is 5.97 Å². The Morgan fingerprint density at radius 1 is 1.03 bits per heavy atom. The lowest BCUT2D eigenvalue weighted by Crippen LogP contribution is -2.19. The molecule has 0 aromatic heterocycles. The molecule has 1 aromatic carbocycles. The molecule has 0 spiro atoms. The molecule has 3 unspecified atom stereocenters. The van der Waals surface area contributed by atoms with Crippen LogP contribution in [0.25, 0.3) is 0 Å². The van der Waals surface area contributed by atoms with E-state index in [1.807, 2.05) is 0 Å². The predicted octanol–water partition coefficient (Wildman–Crippen LogP) is 7.09. The minimum absolute atomic E-state index is 0.222. The Balaban J connectivity index is 1.46. The third-order valence-electron chi connectivity index (χ3n) is 7.66. The number of hydrogen-bond acceptors (Lipinski definition) is 3. The second-order valence-electron chi connectivity index (χ2n) is 10.1. The Morgan fingerprint density at radius 2 is 1.79 bits per heavy atom. The largest absolute Gasteiger partial charge is 0.508 e. The van der Waals surface area contributed by atoms with E-state index in [9.17, 15) is 9.90 Å². The maximum atomic E-state index is 10.9. The highest BCUT2D eigenvalue weighted by Crippen LogP contribution is 2.43. The fraction of sp³-hybridized carbons (Fsp3) is 0.621. The third kappa shape index (κ3) is 8.66. The SMILES string of the molecule is NCCC1=CC(CCCCCCC2CC(=CCCC(=O)O)CCC2c2ccc(O)cc2)CC1. The number of allylic oxidation sites excluding steroid dienone is 3. The standard InChI is InChI=1S/C29H43NO3/c30-19-18-24-11-10-22(20-24)6-3-1-2-4-8-26-21-23(7-5-9-29(32)33)12-17-28(26)25-13-15-27(31)16-14-25/h7,13-16,20,22,26,28,31H,1-6,8-12,17-19,21,30H2,(H,32,33). The van der Waals surface area contributed by atoms with E-state index in [0.29, 0.717) is 24.0 Å². The van der Waals surface area contributed by atoms with Crippen LogP contribution in [0, 0.1) is 11.8 Å². The van der Waals surface area contributed by atoms with Crippen LogP contribution in [0.2, 0.25) is 0 Å². The van der Waals surface area contributed by atoms with Crippen molar-refractivity contribution >= 4 is 5.97 Å². The van der Waals surface area contributed by atoms with Crippen molar-refractivity contribution in [3.8, 4) is 5.75 Å². The van der Waals surface area contributed by atoms with E-state index in [1.54, 1.807) is 17.7 Å². The second kappa shape index (κ2) is 13.6. The average molecular weight is 454 g/mol. The van der Waals surface area contributed by atoms with Gasteiger partial charge in [0.25, 0.3) is 0 Å². The number of aliphatic carboxylic acids is 1. The summed E-state index contributed by atoms with van der Waals surface area (Å²) in [5.41, 5.74) is 10.0. The van der Waals surface area contributed by atoms with Crippen molar-refractivity contribution in [2.24, 2.45) is 17.6 Å². The van der Waals surface area contributed by atoms with Crippen molar-refractivity contribution in [2.75, 3.05) is 6.54 Å². The van der Waals surface area contributed by atoms with E-state index in [1.165, 1.54) is 62.5 Å². The Hall–Kier alpha value is -2.07. The molecule has 0 bridgehead atoms. The van der Waals surface area contributed by atoms with Gasteiger partial charge in [-0.3, -0.25) is 4.79 Å². The molecule has 1 fully saturated rings. The Bertz CT molecular complexity index is 796. The smallest absolute Gasteiger partial charge is 0.303 e. The highest BCUT2D eigenvalue weighted by atomic mass is 16.4. The van der Waals surface area contributed by atoms with Gasteiger partial charge in [0.2, 0.25) is 0 Å². The molecule has 1 aromatic rings. The third-order valence-corrected chi connectivity index (χ3v) is 7.66. The van der Waals surface area contributed by atoms with Crippen LogP contribution in [0.5, 0.6) is 5.75 Å². The number of phenolic OH excluding ortho intramolecular Hbond substituents is 1. The Kier molecular flexibility index (Phi) is 10.5. The first-order valence-corrected chi connectivity index (χ1v) is 13.1. The molecule has 3 atom stereocenters. The topological polar surface area (TPSA) is 83.6 Å². The van der Waals surface area contributed by atoms with Gasteiger partial charge in [-0.25, -0.2) is 0 Å². The van der Waals surface area contributed by atoms with Gasteiger partial charge in [-0.2, -0.15) is 0 Å². The molecular weight excluding hydrogens is 410 g/mol. The molecule has 4 N–H and O–H groups in total. The van der Waals surface area contributed by atoms with Crippen LogP contribution in [0.15, 0.2) is 47.6 Å². The van der Waals surface area contributed by atoms with E-state index in [-0.39, 0.29) is 6.42 Å². The van der Waals surface area contributed by atoms with Gasteiger partial charge in [0.1, 0.15) is 5.75 Å². The molecule has 0 heterocycles. The van der Waals surface area contributed by atoms with E-state index in [2.05, 4.69) is 24.3 Å². The average Bonchev–Trinajstić information content (AvgIpc) is 3.24. The molecule has 3 rings (SSSR count). The van der Waals surface area contributed by atoms with Crippen molar-refractivity contribution in [1.29, 1.82) is 0 Å². The second-order valence-corrected chi connectivity index (χ2v) is 10.1. The molecule has 0 saturated heterocycles. The number of hydrogen-bond donors (Lipinski definition) is 3. The van der Waals surface area contributed by atoms with Crippen molar-refractivity contribution in [2.45, 2.75) is 95.8 Å². The monoisotopic (exact) mass is 453 g/mol. The summed E-state index contributed by atoms with van der Waals surface area (Å²) in [4.78, 5) is 10.9. The fourth-order valence-corrected chi connectivity index (χ4v) is 5.87. The number of aromatic hydroxyl groups is 1. The van der Waals surface area contributed by atoms with Crippen molar-refractivity contribution < 1.29 is 15.0 Å². The number of unbranched alkanes of at least 4 members (excludes halogenated alkanes) is 3. The molecule has 182 valence electrons. The van der Waals surface area contributed by atoms with E-state index in [4.69, 9.17) is 10.8 Å². The molecule has 2 aliphatic carbocycles. The van der Waals surface area contributed by atoms with Crippen LogP contribution in [-0.2, 0) is 4.79 Å². The summed E-state index contributed by atoms with van der Waals surface area (Å²) < 4.78 is 0. The number of carboxylic acid groups (broad SMARTS) is 1. The summed E-state index contributed by atoms with van der Waals surface area (Å²) in [5.74, 6) is 1.53. The lowest BCUT2D eigenvalue weighted by Gasteiger charge is -2.34. The number of phenols is 1. The predicted molar refractivity (Wildman–Crippen MR) is 135 cm³/mol. The summed E-state index contributed by atoms with van der Waals surface area (Å²) >= 11 is 0. The van der Waals surface area contributed by atoms with Crippen molar-refractivity contribution in [1.82, 2.24) is 0 Å². The highest BCUT2D eigenvalue weighted by molar-refractivity contribution is 5.66. The molecule has 0 radical (unpaired) electrons. The maximum absolute atomic E-state index is 10.9. The van der Waals surface area contributed by atoms with E-state index >= 15 is 0 Å². The van der Waals surface area contributed by atoms with Crippen LogP contribution in [0.4, 0.5) is 0 Å². The number of nitrogens with two attached hydrogens (primary N) is 1. The van der Waals surface area contributed by atoms with Crippen LogP contribution >= 0.6 is 0 Å². The number of carboxylic acids is 1. The zero-order valence-corrected chi connectivity index (χ0v) is 20.2. The van der Waals surface area contributed by atoms with Gasteiger partial charge in [-0.15, -0.1) is 0 Å². The summed E-state index contributed by atoms with van der Waals surface area (Å²) in [5, 5.41) is 18.6. The summed E-state index contributed by atoms with van der Waals surface area (Å²) in [7, 11) is 0. The first kappa shape index (κ1) is 25.6. The minimum atomic E-state index is -0.718. The van der Waals surface area contributed by atoms with Crippen LogP contribution in [0.1, 0.15) is 101 Å². The van der Waals surface area contributed by atoms with Crippen LogP contribution in [0.3, 0.4) is 0 Å². The summed E-state index contributed by atoms with van der Waals surface area (Å²) in [6.45, 7) is 0.779. The fourth-order valence-electron chi connectivity index (χ4n) is 5.87. The first-order valence-electron chi connectivity index (χ1n) is 13.1. The van der Waals surface area contributed by atoms with Gasteiger partial charge in [0.05, 0.1) is 0 Å². The molecule has 4 nitrogen and oxygen atoms in total. The van der Waals surface area contributed by atoms with E-state index in [0.717, 1.165) is 38.1 Å². The normalized spacial score (nSPS) is 24.2. The molecule has 0 aliphatic heterocycles. The first-order chi connectivity index (χ1) is 16.0. The van der Waals surface area contributed by atoms with Crippen LogP contribution < -0.4 is 5.73 Å². The molecule has 33 heavy (non-hydrogen) atoms. The van der Waals surface area contributed by atoms with Crippen molar-refractivity contribution in [3.63, 3.8) is 0 Å². The maximum Gasteiger partial charge on any atom is 0.303 e. The van der Waals surface area contributed by atoms with Gasteiger partial charge in [0, 0.05) is 6.42 Å². The number of carbonyl (C=O) groups is 1. The minimum Gasteiger partial charge on any atom is -0.508 e. The molecule has 1 saturated carbocycles. The van der Waals surface area contributed by atoms with Crippen molar-refractivity contribution in [3.05, 3.63) is 53.1 Å². The lowest BCUT2D eigenvalue weighted by atomic mass is 9.71. The molecule has 4 heteroatoms. The van der Waals surface area contributed by atoms with Gasteiger partial charge < -0.3 is 15.9 Å². The zero-order chi connectivity index (χ0) is 23.5. The number of rotatable bonds is 13. The Morgan fingerprint density at radius 3 is 2.52 bits per heavy atom. The van der Waals surface area contributed by atoms with Gasteiger partial charge >= 0.3 is 5.97 Å². The lowest BCUT2D eigenvalue weighted by molar-refractivity contribution is -0.136. The molecule has 2 aliphatic rings. The Labute approximate surface area is 200 Å². The number of benzene rings is 1.